The van der Waals surface area contributed by atoms with Gasteiger partial charge in [-0.25, -0.2) is 14.1 Å². The molecule has 0 aliphatic carbocycles. The quantitative estimate of drug-likeness (QED) is 0.536. The Morgan fingerprint density at radius 3 is 2.83 bits per heavy atom. The number of hydrogen-bond acceptors (Lipinski definition) is 3. The first-order valence-electron chi connectivity index (χ1n) is 7.12. The molecule has 110 valence electrons. The van der Waals surface area contributed by atoms with Crippen LogP contribution in [-0.4, -0.2) is 14.8 Å². The van der Waals surface area contributed by atoms with Gasteiger partial charge in [0.25, 0.3) is 0 Å². The van der Waals surface area contributed by atoms with Gasteiger partial charge in [-0.3, -0.25) is 0 Å². The molecule has 4 nitrogen and oxygen atoms in total. The average Bonchev–Trinajstić information content (AvgIpc) is 2.97. The second-order valence-corrected chi connectivity index (χ2v) is 5.37. The molecule has 0 spiro atoms. The number of nitrogens with zero attached hydrogens (tertiary/aromatic N) is 4. The molecule has 4 aromatic rings. The minimum atomic E-state index is -0.488. The van der Waals surface area contributed by atoms with Crippen molar-refractivity contribution in [1.29, 1.82) is 5.26 Å². The zero-order chi connectivity index (χ0) is 16.0. The van der Waals surface area contributed by atoms with Crippen molar-refractivity contribution in [3.8, 4) is 11.8 Å². The van der Waals surface area contributed by atoms with Gasteiger partial charge in [-0.2, -0.15) is 10.4 Å². The summed E-state index contributed by atoms with van der Waals surface area (Å²) in [5.41, 5.74) is 2.40. The van der Waals surface area contributed by atoms with Gasteiger partial charge in [0.05, 0.1) is 17.2 Å². The molecule has 0 radical (unpaired) electrons. The van der Waals surface area contributed by atoms with Crippen molar-refractivity contribution in [1.82, 2.24) is 14.8 Å². The molecule has 0 aliphatic heterocycles. The van der Waals surface area contributed by atoms with Gasteiger partial charge in [-0.05, 0) is 31.2 Å². The van der Waals surface area contributed by atoms with E-state index in [9.17, 15) is 5.26 Å². The van der Waals surface area contributed by atoms with E-state index in [1.54, 1.807) is 30.5 Å². The highest BCUT2D eigenvalue weighted by Crippen LogP contribution is 2.27. The first kappa shape index (κ1) is 13.4. The monoisotopic (exact) mass is 302 g/mol. The largest absolute Gasteiger partial charge is 0.235 e. The van der Waals surface area contributed by atoms with Gasteiger partial charge in [0.1, 0.15) is 11.8 Å². The molecule has 0 saturated carbocycles. The van der Waals surface area contributed by atoms with E-state index < -0.39 is 5.82 Å². The maximum atomic E-state index is 15.0. The van der Waals surface area contributed by atoms with E-state index in [1.807, 2.05) is 31.2 Å². The fourth-order valence-electron chi connectivity index (χ4n) is 2.76. The highest BCUT2D eigenvalue weighted by molar-refractivity contribution is 5.86. The normalized spacial score (nSPS) is 11.0. The van der Waals surface area contributed by atoms with Gasteiger partial charge < -0.3 is 0 Å². The van der Waals surface area contributed by atoms with Crippen LogP contribution >= 0.6 is 0 Å². The van der Waals surface area contributed by atoms with Crippen LogP contribution < -0.4 is 0 Å². The summed E-state index contributed by atoms with van der Waals surface area (Å²) in [4.78, 5) is 4.27. The molecule has 0 bridgehead atoms. The van der Waals surface area contributed by atoms with Crippen molar-refractivity contribution < 1.29 is 4.39 Å². The Labute approximate surface area is 131 Å². The van der Waals surface area contributed by atoms with E-state index in [1.165, 1.54) is 4.68 Å². The summed E-state index contributed by atoms with van der Waals surface area (Å²) in [6.07, 6.45) is 1.66. The summed E-state index contributed by atoms with van der Waals surface area (Å²) in [6.45, 7) is 1.98. The van der Waals surface area contributed by atoms with Gasteiger partial charge in [0.2, 0.25) is 0 Å². The van der Waals surface area contributed by atoms with Crippen LogP contribution in [0.15, 0.2) is 48.7 Å². The Hall–Kier alpha value is -3.26. The summed E-state index contributed by atoms with van der Waals surface area (Å²) in [5.74, 6) is -0.488. The van der Waals surface area contributed by atoms with Gasteiger partial charge in [-0.15, -0.1) is 0 Å². The number of aryl methyl sites for hydroxylation is 1. The molecule has 0 aliphatic rings. The maximum absolute atomic E-state index is 15.0. The molecule has 2 aromatic heterocycles. The molecule has 2 heterocycles. The first-order valence-corrected chi connectivity index (χ1v) is 7.12. The lowest BCUT2D eigenvalue weighted by Gasteiger charge is -2.09. The van der Waals surface area contributed by atoms with E-state index >= 15 is 4.39 Å². The number of fused-ring (bicyclic) bond motifs is 2. The van der Waals surface area contributed by atoms with Crippen LogP contribution in [-0.2, 0) is 0 Å². The third kappa shape index (κ3) is 1.96. The number of rotatable bonds is 1. The van der Waals surface area contributed by atoms with E-state index in [0.29, 0.717) is 10.9 Å². The van der Waals surface area contributed by atoms with Crippen LogP contribution in [0.5, 0.6) is 0 Å². The van der Waals surface area contributed by atoms with Crippen LogP contribution in [0.4, 0.5) is 4.39 Å². The molecule has 0 saturated heterocycles. The molecule has 0 unspecified atom stereocenters. The molecular formula is C18H11FN4. The highest BCUT2D eigenvalue weighted by atomic mass is 19.1. The Kier molecular flexibility index (Phi) is 2.85. The SMILES string of the molecule is Cc1ccc2c(cnn2-c2c(C#N)nc3ccccc3c2F)c1. The Bertz CT molecular complexity index is 1110. The van der Waals surface area contributed by atoms with Crippen molar-refractivity contribution in [2.45, 2.75) is 6.92 Å². The minimum absolute atomic E-state index is 0.0202. The van der Waals surface area contributed by atoms with Crippen molar-refractivity contribution >= 4 is 21.8 Å². The van der Waals surface area contributed by atoms with Crippen molar-refractivity contribution in [2.75, 3.05) is 0 Å². The number of pyridine rings is 1. The van der Waals surface area contributed by atoms with Crippen molar-refractivity contribution in [2.24, 2.45) is 0 Å². The topological polar surface area (TPSA) is 54.5 Å². The smallest absolute Gasteiger partial charge is 0.169 e. The number of halogens is 1. The summed E-state index contributed by atoms with van der Waals surface area (Å²) in [7, 11) is 0. The van der Waals surface area contributed by atoms with Gasteiger partial charge in [-0.1, -0.05) is 23.8 Å². The Morgan fingerprint density at radius 1 is 1.17 bits per heavy atom. The molecular weight excluding hydrogens is 291 g/mol. The minimum Gasteiger partial charge on any atom is -0.235 e. The predicted molar refractivity (Wildman–Crippen MR) is 85.8 cm³/mol. The predicted octanol–water partition coefficient (Wildman–Crippen LogP) is 3.89. The summed E-state index contributed by atoms with van der Waals surface area (Å²) < 4.78 is 16.5. The van der Waals surface area contributed by atoms with E-state index in [0.717, 1.165) is 16.5 Å². The molecule has 0 amide bonds. The highest BCUT2D eigenvalue weighted by Gasteiger charge is 2.19. The number of aromatic nitrogens is 3. The van der Waals surface area contributed by atoms with Gasteiger partial charge >= 0.3 is 0 Å². The standard InChI is InChI=1S/C18H11FN4/c1-11-6-7-16-12(8-11)10-21-23(16)18-15(9-20)22-14-5-3-2-4-13(14)17(18)19/h2-8,10H,1H3. The lowest BCUT2D eigenvalue weighted by molar-refractivity contribution is 0.622. The summed E-state index contributed by atoms with van der Waals surface area (Å²) in [5, 5.41) is 14.9. The zero-order valence-corrected chi connectivity index (χ0v) is 12.3. The Balaban J connectivity index is 2.11. The molecule has 0 atom stereocenters. The lowest BCUT2D eigenvalue weighted by Crippen LogP contribution is -2.06. The maximum Gasteiger partial charge on any atom is 0.169 e. The average molecular weight is 302 g/mol. The third-order valence-electron chi connectivity index (χ3n) is 3.85. The fraction of sp³-hybridized carbons (Fsp3) is 0.0556. The number of para-hydroxylation sites is 1. The zero-order valence-electron chi connectivity index (χ0n) is 12.3. The van der Waals surface area contributed by atoms with Crippen LogP contribution in [0.1, 0.15) is 11.3 Å². The van der Waals surface area contributed by atoms with Crippen LogP contribution in [0, 0.1) is 24.1 Å². The second kappa shape index (κ2) is 4.89. The second-order valence-electron chi connectivity index (χ2n) is 5.37. The van der Waals surface area contributed by atoms with Crippen LogP contribution in [0.25, 0.3) is 27.5 Å². The summed E-state index contributed by atoms with van der Waals surface area (Å²) in [6, 6.07) is 14.6. The number of nitriles is 1. The fourth-order valence-corrected chi connectivity index (χ4v) is 2.76. The van der Waals surface area contributed by atoms with Gasteiger partial charge in [0.15, 0.2) is 11.5 Å². The molecule has 5 heteroatoms. The molecule has 4 rings (SSSR count). The van der Waals surface area contributed by atoms with E-state index in [4.69, 9.17) is 0 Å². The van der Waals surface area contributed by atoms with Gasteiger partial charge in [0, 0.05) is 10.8 Å². The Morgan fingerprint density at radius 2 is 2.00 bits per heavy atom. The molecule has 23 heavy (non-hydrogen) atoms. The van der Waals surface area contributed by atoms with Crippen molar-refractivity contribution in [3.05, 3.63) is 65.7 Å². The third-order valence-corrected chi connectivity index (χ3v) is 3.85. The first-order chi connectivity index (χ1) is 11.2. The van der Waals surface area contributed by atoms with Crippen molar-refractivity contribution in [3.63, 3.8) is 0 Å². The summed E-state index contributed by atoms with van der Waals surface area (Å²) >= 11 is 0. The van der Waals surface area contributed by atoms with E-state index in [-0.39, 0.29) is 11.4 Å². The lowest BCUT2D eigenvalue weighted by atomic mass is 10.1. The van der Waals surface area contributed by atoms with Crippen LogP contribution in [0.3, 0.4) is 0 Å². The molecule has 2 aromatic carbocycles. The number of benzene rings is 2. The molecule has 0 N–H and O–H groups in total. The molecule has 0 fully saturated rings. The van der Waals surface area contributed by atoms with Crippen LogP contribution in [0.2, 0.25) is 0 Å². The number of hydrogen-bond donors (Lipinski definition) is 0. The van der Waals surface area contributed by atoms with E-state index in [2.05, 4.69) is 10.1 Å².